The van der Waals surface area contributed by atoms with E-state index in [9.17, 15) is 39.9 Å². The van der Waals surface area contributed by atoms with Crippen molar-refractivity contribution in [3.05, 3.63) is 70.3 Å². The molecule has 2 saturated heterocycles. The number of benzene rings is 2. The first-order chi connectivity index (χ1) is 21.7. The Hall–Kier alpha value is -2.73. The van der Waals surface area contributed by atoms with E-state index in [1.54, 1.807) is 0 Å². The molecule has 0 unspecified atom stereocenters. The zero-order chi connectivity index (χ0) is 33.1. The number of amides is 1. The van der Waals surface area contributed by atoms with E-state index in [1.807, 2.05) is 0 Å². The average Bonchev–Trinajstić information content (AvgIpc) is 3.25. The van der Waals surface area contributed by atoms with Crippen LogP contribution in [0.4, 0.5) is 35.1 Å². The van der Waals surface area contributed by atoms with Crippen LogP contribution in [0, 0.1) is 11.6 Å². The Balaban J connectivity index is 1.35. The van der Waals surface area contributed by atoms with Crippen LogP contribution in [0.15, 0.2) is 36.4 Å². The molecule has 2 aromatic carbocycles. The fraction of sp³-hybridized carbons (Fsp3) is 0.618. The van der Waals surface area contributed by atoms with E-state index in [1.165, 1.54) is 43.1 Å². The van der Waals surface area contributed by atoms with Gasteiger partial charge in [-0.2, -0.15) is 26.3 Å². The maximum atomic E-state index is 14.6. The second-order valence-corrected chi connectivity index (χ2v) is 13.2. The molecule has 0 bridgehead atoms. The van der Waals surface area contributed by atoms with Crippen LogP contribution in [0.3, 0.4) is 0 Å². The van der Waals surface area contributed by atoms with Crippen LogP contribution < -0.4 is 0 Å². The SMILES string of the molecule is O=C(Cc1cc(C(F)(F)F)cc(C(F)(F)F)c1)N1CCCC[C@](CCN2CCN(C3CCCCC3)CC2)(c2ccc(F)c(F)c2)C1. The van der Waals surface area contributed by atoms with Crippen molar-refractivity contribution in [1.82, 2.24) is 14.7 Å². The fourth-order valence-corrected chi connectivity index (χ4v) is 7.49. The number of hydrogen-bond donors (Lipinski definition) is 0. The molecule has 0 spiro atoms. The molecule has 46 heavy (non-hydrogen) atoms. The monoisotopic (exact) mass is 659 g/mol. The highest BCUT2D eigenvalue weighted by Crippen LogP contribution is 2.39. The predicted octanol–water partition coefficient (Wildman–Crippen LogP) is 7.84. The van der Waals surface area contributed by atoms with Crippen LogP contribution in [-0.2, 0) is 29.0 Å². The third-order valence-corrected chi connectivity index (χ3v) is 10.1. The van der Waals surface area contributed by atoms with Gasteiger partial charge < -0.3 is 9.80 Å². The summed E-state index contributed by atoms with van der Waals surface area (Å²) in [6.07, 6.45) is -2.10. The van der Waals surface area contributed by atoms with Crippen molar-refractivity contribution in [2.75, 3.05) is 45.8 Å². The summed E-state index contributed by atoms with van der Waals surface area (Å²) in [7, 11) is 0. The first-order valence-corrected chi connectivity index (χ1v) is 16.2. The fourth-order valence-electron chi connectivity index (χ4n) is 7.49. The van der Waals surface area contributed by atoms with Crippen molar-refractivity contribution in [1.29, 1.82) is 0 Å². The number of nitrogens with zero attached hydrogens (tertiary/aromatic N) is 3. The average molecular weight is 660 g/mol. The minimum atomic E-state index is -5.02. The van der Waals surface area contributed by atoms with Gasteiger partial charge in [-0.05, 0) is 80.1 Å². The quantitative estimate of drug-likeness (QED) is 0.284. The largest absolute Gasteiger partial charge is 0.416 e. The number of hydrogen-bond acceptors (Lipinski definition) is 3. The van der Waals surface area contributed by atoms with Crippen LogP contribution in [0.2, 0.25) is 0 Å². The Kier molecular flexibility index (Phi) is 10.7. The number of carbonyl (C=O) groups is 1. The van der Waals surface area contributed by atoms with Gasteiger partial charge >= 0.3 is 12.4 Å². The smallest absolute Gasteiger partial charge is 0.342 e. The first kappa shape index (κ1) is 34.6. The third kappa shape index (κ3) is 8.40. The van der Waals surface area contributed by atoms with Gasteiger partial charge in [0.2, 0.25) is 5.91 Å². The maximum Gasteiger partial charge on any atom is 0.416 e. The molecule has 2 aliphatic heterocycles. The number of rotatable bonds is 7. The highest BCUT2D eigenvalue weighted by molar-refractivity contribution is 5.79. The highest BCUT2D eigenvalue weighted by atomic mass is 19.4. The van der Waals surface area contributed by atoms with E-state index in [2.05, 4.69) is 9.80 Å². The number of halogens is 8. The molecule has 1 atom stereocenters. The molecular formula is C34H41F8N3O. The lowest BCUT2D eigenvalue weighted by atomic mass is 9.73. The van der Waals surface area contributed by atoms with Gasteiger partial charge in [0.25, 0.3) is 0 Å². The van der Waals surface area contributed by atoms with Crippen LogP contribution in [0.25, 0.3) is 0 Å². The lowest BCUT2D eigenvalue weighted by Gasteiger charge is -2.43. The van der Waals surface area contributed by atoms with E-state index in [0.717, 1.165) is 38.3 Å². The summed E-state index contributed by atoms with van der Waals surface area (Å²) >= 11 is 0. The van der Waals surface area contributed by atoms with Crippen molar-refractivity contribution in [2.45, 2.75) is 88.0 Å². The van der Waals surface area contributed by atoms with Gasteiger partial charge in [0.15, 0.2) is 11.6 Å². The summed E-state index contributed by atoms with van der Waals surface area (Å²) in [6, 6.07) is 5.58. The van der Waals surface area contributed by atoms with E-state index >= 15 is 0 Å². The zero-order valence-electron chi connectivity index (χ0n) is 25.8. The Morgan fingerprint density at radius 1 is 0.761 bits per heavy atom. The molecule has 3 aliphatic rings. The Labute approximate surface area is 264 Å². The van der Waals surface area contributed by atoms with Crippen LogP contribution in [0.1, 0.15) is 80.0 Å². The third-order valence-electron chi connectivity index (χ3n) is 10.1. The standard InChI is InChI=1S/C34H41F8N3O/c35-29-9-8-25(22-30(29)36)32(11-13-43-14-16-44(17-15-43)28-6-2-1-3-7-28)10-4-5-12-45(23-32)31(46)20-24-18-26(33(37,38)39)21-27(19-24)34(40,41)42/h8-9,18-19,21-22,28H,1-7,10-17,20,23H2/t32-/m1/s1. The molecule has 0 radical (unpaired) electrons. The molecule has 1 aliphatic carbocycles. The predicted molar refractivity (Wildman–Crippen MR) is 158 cm³/mol. The highest BCUT2D eigenvalue weighted by Gasteiger charge is 2.40. The van der Waals surface area contributed by atoms with Crippen molar-refractivity contribution < 1.29 is 39.9 Å². The first-order valence-electron chi connectivity index (χ1n) is 16.2. The normalized spacial score (nSPS) is 23.0. The molecule has 0 N–H and O–H groups in total. The molecule has 2 aromatic rings. The number of likely N-dealkylation sites (tertiary alicyclic amines) is 1. The van der Waals surface area contributed by atoms with Gasteiger partial charge in [0.1, 0.15) is 0 Å². The van der Waals surface area contributed by atoms with Crippen molar-refractivity contribution in [3.63, 3.8) is 0 Å². The van der Waals surface area contributed by atoms with Crippen LogP contribution in [-0.4, -0.2) is 72.5 Å². The second kappa shape index (κ2) is 14.2. The molecule has 1 saturated carbocycles. The second-order valence-electron chi connectivity index (χ2n) is 13.2. The molecule has 0 aromatic heterocycles. The van der Waals surface area contributed by atoms with E-state index in [4.69, 9.17) is 0 Å². The van der Waals surface area contributed by atoms with E-state index in [0.29, 0.717) is 56.0 Å². The zero-order valence-corrected chi connectivity index (χ0v) is 25.8. The van der Waals surface area contributed by atoms with Gasteiger partial charge in [-0.25, -0.2) is 8.78 Å². The van der Waals surface area contributed by atoms with Gasteiger partial charge in [-0.15, -0.1) is 0 Å². The lowest BCUT2D eigenvalue weighted by Crippen LogP contribution is -2.52. The molecule has 4 nitrogen and oxygen atoms in total. The summed E-state index contributed by atoms with van der Waals surface area (Å²) in [4.78, 5) is 20.0. The Morgan fingerprint density at radius 2 is 1.41 bits per heavy atom. The van der Waals surface area contributed by atoms with Crippen molar-refractivity contribution >= 4 is 5.91 Å². The molecule has 1 amide bonds. The summed E-state index contributed by atoms with van der Waals surface area (Å²) in [5.74, 6) is -2.62. The minimum absolute atomic E-state index is 0.0446. The molecule has 5 rings (SSSR count). The number of carbonyl (C=O) groups excluding carboxylic acids is 1. The molecule has 254 valence electrons. The molecule has 2 heterocycles. The Morgan fingerprint density at radius 3 is 2.02 bits per heavy atom. The van der Waals surface area contributed by atoms with Crippen LogP contribution in [0.5, 0.6) is 0 Å². The van der Waals surface area contributed by atoms with Gasteiger partial charge in [0, 0.05) is 50.7 Å². The summed E-state index contributed by atoms with van der Waals surface area (Å²) in [5, 5.41) is 0. The summed E-state index contributed by atoms with van der Waals surface area (Å²) in [6.45, 7) is 4.64. The van der Waals surface area contributed by atoms with Crippen molar-refractivity contribution in [2.24, 2.45) is 0 Å². The van der Waals surface area contributed by atoms with Gasteiger partial charge in [-0.3, -0.25) is 9.69 Å². The summed E-state index contributed by atoms with van der Waals surface area (Å²) in [5.41, 5.74) is -3.57. The lowest BCUT2D eigenvalue weighted by molar-refractivity contribution is -0.143. The Bertz CT molecular complexity index is 1320. The van der Waals surface area contributed by atoms with E-state index < -0.39 is 52.9 Å². The summed E-state index contributed by atoms with van der Waals surface area (Å²) < 4.78 is 109. The molecular weight excluding hydrogens is 618 g/mol. The van der Waals surface area contributed by atoms with Crippen LogP contribution >= 0.6 is 0 Å². The van der Waals surface area contributed by atoms with Crippen molar-refractivity contribution in [3.8, 4) is 0 Å². The molecule has 3 fully saturated rings. The maximum absolute atomic E-state index is 14.6. The molecule has 12 heteroatoms. The van der Waals surface area contributed by atoms with Gasteiger partial charge in [0.05, 0.1) is 17.5 Å². The minimum Gasteiger partial charge on any atom is -0.342 e. The van der Waals surface area contributed by atoms with Gasteiger partial charge in [-0.1, -0.05) is 31.7 Å². The van der Waals surface area contributed by atoms with E-state index in [-0.39, 0.29) is 24.7 Å². The number of piperazine rings is 1. The topological polar surface area (TPSA) is 26.8 Å². The number of alkyl halides is 6.